The molecule has 1 atom stereocenters. The molecule has 0 amide bonds. The van der Waals surface area contributed by atoms with Gasteiger partial charge in [-0.2, -0.15) is 0 Å². The van der Waals surface area contributed by atoms with Crippen LogP contribution in [-0.2, 0) is 14.2 Å². The van der Waals surface area contributed by atoms with E-state index in [-0.39, 0.29) is 0 Å². The van der Waals surface area contributed by atoms with Gasteiger partial charge in [0, 0.05) is 13.2 Å². The van der Waals surface area contributed by atoms with Gasteiger partial charge in [0.25, 0.3) is 0 Å². The van der Waals surface area contributed by atoms with Crippen molar-refractivity contribution in [1.29, 1.82) is 0 Å². The van der Waals surface area contributed by atoms with Gasteiger partial charge in [0.2, 0.25) is 0 Å². The van der Waals surface area contributed by atoms with E-state index in [0.717, 1.165) is 26.1 Å². The minimum absolute atomic E-state index is 0.419. The summed E-state index contributed by atoms with van der Waals surface area (Å²) in [5.41, 5.74) is 0. The second kappa shape index (κ2) is 14.9. The molecule has 1 radical (unpaired) electrons. The molecule has 0 heterocycles. The lowest BCUT2D eigenvalue weighted by atomic mass is 10.1. The average molecular weight is 259 g/mol. The molecule has 3 heteroatoms. The number of ether oxygens (including phenoxy) is 3. The molecule has 0 saturated carbocycles. The molecule has 0 aliphatic rings. The Balaban J connectivity index is 3.02. The summed E-state index contributed by atoms with van der Waals surface area (Å²) in [7, 11) is 0. The number of unbranched alkanes of at least 4 members (excludes halogenated alkanes) is 2. The van der Waals surface area contributed by atoms with Crippen LogP contribution in [0.2, 0.25) is 0 Å². The third-order valence-corrected chi connectivity index (χ3v) is 2.71. The molecule has 3 nitrogen and oxygen atoms in total. The van der Waals surface area contributed by atoms with Crippen LogP contribution < -0.4 is 0 Å². The maximum atomic E-state index is 5.51. The van der Waals surface area contributed by atoms with Crippen molar-refractivity contribution >= 4 is 0 Å². The van der Waals surface area contributed by atoms with Gasteiger partial charge in [0.15, 0.2) is 0 Å². The van der Waals surface area contributed by atoms with Crippen LogP contribution in [0.1, 0.15) is 46.0 Å². The third kappa shape index (κ3) is 13.9. The van der Waals surface area contributed by atoms with Crippen molar-refractivity contribution in [3.63, 3.8) is 0 Å². The molecule has 0 bridgehead atoms. The SMILES string of the molecule is [CH2]C(CCCC)COCCOCCOCCCC. The van der Waals surface area contributed by atoms with E-state index in [0.29, 0.717) is 32.3 Å². The summed E-state index contributed by atoms with van der Waals surface area (Å²) in [4.78, 5) is 0. The fourth-order valence-electron chi connectivity index (χ4n) is 1.51. The van der Waals surface area contributed by atoms with Gasteiger partial charge in [-0.15, -0.1) is 0 Å². The zero-order valence-corrected chi connectivity index (χ0v) is 12.3. The minimum atomic E-state index is 0.419. The number of hydrogen-bond donors (Lipinski definition) is 0. The van der Waals surface area contributed by atoms with Gasteiger partial charge >= 0.3 is 0 Å². The molecule has 0 aromatic heterocycles. The van der Waals surface area contributed by atoms with Crippen molar-refractivity contribution in [2.24, 2.45) is 5.92 Å². The molecular formula is C15H31O3. The highest BCUT2D eigenvalue weighted by atomic mass is 16.5. The fraction of sp³-hybridized carbons (Fsp3) is 0.933. The van der Waals surface area contributed by atoms with Crippen molar-refractivity contribution in [2.75, 3.05) is 39.6 Å². The first-order chi connectivity index (χ1) is 8.81. The normalized spacial score (nSPS) is 12.8. The molecule has 0 spiro atoms. The molecule has 18 heavy (non-hydrogen) atoms. The molecule has 0 aliphatic carbocycles. The van der Waals surface area contributed by atoms with Gasteiger partial charge in [-0.05, 0) is 25.7 Å². The van der Waals surface area contributed by atoms with Gasteiger partial charge in [-0.25, -0.2) is 0 Å². The van der Waals surface area contributed by atoms with Crippen LogP contribution in [0.5, 0.6) is 0 Å². The van der Waals surface area contributed by atoms with E-state index in [1.165, 1.54) is 19.3 Å². The largest absolute Gasteiger partial charge is 0.379 e. The van der Waals surface area contributed by atoms with E-state index in [2.05, 4.69) is 20.8 Å². The van der Waals surface area contributed by atoms with Crippen LogP contribution in [0.3, 0.4) is 0 Å². The summed E-state index contributed by atoms with van der Waals surface area (Å²) in [6.45, 7) is 12.7. The lowest BCUT2D eigenvalue weighted by Gasteiger charge is -2.11. The molecule has 0 aliphatic heterocycles. The van der Waals surface area contributed by atoms with E-state index < -0.39 is 0 Å². The molecule has 0 aromatic carbocycles. The van der Waals surface area contributed by atoms with E-state index >= 15 is 0 Å². The molecule has 0 saturated heterocycles. The van der Waals surface area contributed by atoms with Crippen LogP contribution >= 0.6 is 0 Å². The van der Waals surface area contributed by atoms with E-state index in [1.807, 2.05) is 0 Å². The Morgan fingerprint density at radius 2 is 1.33 bits per heavy atom. The van der Waals surface area contributed by atoms with Crippen molar-refractivity contribution in [3.05, 3.63) is 6.92 Å². The van der Waals surface area contributed by atoms with E-state index in [4.69, 9.17) is 14.2 Å². The highest BCUT2D eigenvalue weighted by Gasteiger charge is 2.01. The molecule has 0 fully saturated rings. The standard InChI is InChI=1S/C15H31O3/c1-4-6-8-15(3)14-18-13-12-17-11-10-16-9-7-5-2/h15H,3-14H2,1-2H3. The second-order valence-corrected chi connectivity index (χ2v) is 4.66. The summed E-state index contributed by atoms with van der Waals surface area (Å²) in [5, 5.41) is 0. The topological polar surface area (TPSA) is 27.7 Å². The molecule has 1 unspecified atom stereocenters. The monoisotopic (exact) mass is 259 g/mol. The minimum Gasteiger partial charge on any atom is -0.379 e. The van der Waals surface area contributed by atoms with Gasteiger partial charge in [0.1, 0.15) is 0 Å². The Morgan fingerprint density at radius 1 is 0.778 bits per heavy atom. The second-order valence-electron chi connectivity index (χ2n) is 4.66. The lowest BCUT2D eigenvalue weighted by molar-refractivity contribution is 0.00905. The number of rotatable bonds is 14. The first-order valence-corrected chi connectivity index (χ1v) is 7.37. The quantitative estimate of drug-likeness (QED) is 0.447. The van der Waals surface area contributed by atoms with Gasteiger partial charge in [-0.3, -0.25) is 0 Å². The van der Waals surface area contributed by atoms with Crippen molar-refractivity contribution in [2.45, 2.75) is 46.0 Å². The predicted octanol–water partition coefficient (Wildman–Crippen LogP) is 3.48. The maximum absolute atomic E-state index is 5.51. The Bertz CT molecular complexity index is 151. The Labute approximate surface area is 113 Å². The molecule has 0 aromatic rings. The van der Waals surface area contributed by atoms with Crippen molar-refractivity contribution in [3.8, 4) is 0 Å². The molecule has 0 N–H and O–H groups in total. The fourth-order valence-corrected chi connectivity index (χ4v) is 1.51. The zero-order chi connectivity index (χ0) is 13.5. The van der Waals surface area contributed by atoms with E-state index in [9.17, 15) is 0 Å². The molecular weight excluding hydrogens is 228 g/mol. The van der Waals surface area contributed by atoms with Gasteiger partial charge in [0.05, 0.1) is 26.4 Å². The molecule has 0 rings (SSSR count). The summed E-state index contributed by atoms with van der Waals surface area (Å²) in [6, 6.07) is 0. The van der Waals surface area contributed by atoms with Crippen molar-refractivity contribution in [1.82, 2.24) is 0 Å². The maximum Gasteiger partial charge on any atom is 0.0701 e. The Morgan fingerprint density at radius 3 is 1.94 bits per heavy atom. The Kier molecular flexibility index (Phi) is 14.8. The van der Waals surface area contributed by atoms with Gasteiger partial charge < -0.3 is 14.2 Å². The van der Waals surface area contributed by atoms with Crippen molar-refractivity contribution < 1.29 is 14.2 Å². The third-order valence-electron chi connectivity index (χ3n) is 2.71. The summed E-state index contributed by atoms with van der Waals surface area (Å²) < 4.78 is 16.3. The number of hydrogen-bond acceptors (Lipinski definition) is 3. The van der Waals surface area contributed by atoms with Crippen LogP contribution in [-0.4, -0.2) is 39.6 Å². The predicted molar refractivity (Wildman–Crippen MR) is 75.7 cm³/mol. The summed E-state index contributed by atoms with van der Waals surface area (Å²) in [5.74, 6) is 0.419. The zero-order valence-electron chi connectivity index (χ0n) is 12.3. The first kappa shape index (κ1) is 17.9. The van der Waals surface area contributed by atoms with E-state index in [1.54, 1.807) is 0 Å². The van der Waals surface area contributed by atoms with Crippen LogP contribution in [0.15, 0.2) is 0 Å². The molecule has 109 valence electrons. The summed E-state index contributed by atoms with van der Waals surface area (Å²) in [6.07, 6.45) is 5.93. The Hall–Kier alpha value is -0.120. The van der Waals surface area contributed by atoms with Gasteiger partial charge in [-0.1, -0.05) is 33.1 Å². The summed E-state index contributed by atoms with van der Waals surface area (Å²) >= 11 is 0. The lowest BCUT2D eigenvalue weighted by Crippen LogP contribution is -2.13. The van der Waals surface area contributed by atoms with Crippen LogP contribution in [0.4, 0.5) is 0 Å². The van der Waals surface area contributed by atoms with Crippen LogP contribution in [0, 0.1) is 12.8 Å². The first-order valence-electron chi connectivity index (χ1n) is 7.37. The average Bonchev–Trinajstić information content (AvgIpc) is 2.38. The van der Waals surface area contributed by atoms with Crippen LogP contribution in [0.25, 0.3) is 0 Å². The smallest absolute Gasteiger partial charge is 0.0701 e. The highest BCUT2D eigenvalue weighted by molar-refractivity contribution is 4.59. The highest BCUT2D eigenvalue weighted by Crippen LogP contribution is 2.06.